The van der Waals surface area contributed by atoms with Crippen LogP contribution in [-0.2, 0) is 29.8 Å². The number of fused-ring (bicyclic) bond motifs is 2. The minimum Gasteiger partial charge on any atom is -0.505 e. The number of carbonyl (C=O) groups excluding carboxylic acids is 2. The molecule has 22 nitrogen and oxygen atoms in total. The van der Waals surface area contributed by atoms with Crippen molar-refractivity contribution in [3.63, 3.8) is 0 Å². The molecule has 0 bridgehead atoms. The molecule has 0 aliphatic rings. The number of nitrogens with one attached hydrogen (secondary N) is 4. The molecule has 50 heavy (non-hydrogen) atoms. The number of azo groups is 2. The number of rotatable bonds is 8. The molecule has 24 heteroatoms. The number of phenols is 2. The molecule has 6 aromatic rings. The molecule has 2 amide bonds. The van der Waals surface area contributed by atoms with E-state index in [9.17, 15) is 45.7 Å². The number of aromatic nitrogens is 6. The highest BCUT2D eigenvalue weighted by atomic mass is 32.2. The first-order valence-corrected chi connectivity index (χ1v) is 16.3. The number of phenolic OH excluding ortho intramolecular Hbond substituents is 2. The molecule has 2 aromatic heterocycles. The lowest BCUT2D eigenvalue weighted by molar-refractivity contribution is -0.132. The summed E-state index contributed by atoms with van der Waals surface area (Å²) in [6.45, 7) is 0. The van der Waals surface area contributed by atoms with Crippen LogP contribution in [0.2, 0.25) is 0 Å². The highest BCUT2D eigenvalue weighted by molar-refractivity contribution is 7.86. The van der Waals surface area contributed by atoms with Crippen LogP contribution in [0, 0.1) is 0 Å². The number of amides is 2. The Morgan fingerprint density at radius 3 is 1.36 bits per heavy atom. The van der Waals surface area contributed by atoms with Gasteiger partial charge in [0.05, 0.1) is 0 Å². The summed E-state index contributed by atoms with van der Waals surface area (Å²) in [6, 6.07) is 9.46. The molecule has 8 N–H and O–H groups in total. The number of benzene rings is 4. The molecule has 0 aliphatic carbocycles. The van der Waals surface area contributed by atoms with Crippen LogP contribution in [0.4, 0.5) is 34.6 Å². The number of aromatic amines is 2. The van der Waals surface area contributed by atoms with Crippen molar-refractivity contribution in [1.29, 1.82) is 0 Å². The van der Waals surface area contributed by atoms with Gasteiger partial charge >= 0.3 is 11.8 Å². The number of hydrogen-bond acceptors (Lipinski definition) is 16. The first-order chi connectivity index (χ1) is 23.7. The number of nitrogens with zero attached hydrogens (tertiary/aromatic N) is 8. The molecule has 0 saturated carbocycles. The van der Waals surface area contributed by atoms with Gasteiger partial charge in [-0.05, 0) is 59.3 Å². The summed E-state index contributed by atoms with van der Waals surface area (Å²) >= 11 is 0. The van der Waals surface area contributed by atoms with E-state index in [1.54, 1.807) is 0 Å². The summed E-state index contributed by atoms with van der Waals surface area (Å²) < 4.78 is 68.0. The Labute approximate surface area is 277 Å². The Balaban J connectivity index is 1.25. The fourth-order valence-corrected chi connectivity index (χ4v) is 5.83. The van der Waals surface area contributed by atoms with E-state index in [4.69, 9.17) is 0 Å². The minimum atomic E-state index is -4.96. The maximum absolute atomic E-state index is 12.8. The van der Waals surface area contributed by atoms with E-state index in [0.29, 0.717) is 0 Å². The Morgan fingerprint density at radius 2 is 1.02 bits per heavy atom. The topological polar surface area (TPSA) is 340 Å². The van der Waals surface area contributed by atoms with Gasteiger partial charge in [0, 0.05) is 22.1 Å². The van der Waals surface area contributed by atoms with E-state index in [1.807, 2.05) is 0 Å². The molecule has 0 atom stereocenters. The summed E-state index contributed by atoms with van der Waals surface area (Å²) in [5.41, 5.74) is -1.26. The van der Waals surface area contributed by atoms with Crippen molar-refractivity contribution < 1.29 is 45.7 Å². The zero-order valence-electron chi connectivity index (χ0n) is 24.4. The third-order valence-corrected chi connectivity index (χ3v) is 8.41. The van der Waals surface area contributed by atoms with Crippen molar-refractivity contribution >= 4 is 88.2 Å². The van der Waals surface area contributed by atoms with Crippen LogP contribution in [0.1, 0.15) is 0 Å². The summed E-state index contributed by atoms with van der Waals surface area (Å²) in [4.78, 5) is 28.9. The number of carbonyl (C=O) groups is 2. The van der Waals surface area contributed by atoms with Crippen LogP contribution in [0.5, 0.6) is 11.5 Å². The van der Waals surface area contributed by atoms with Gasteiger partial charge in [0.2, 0.25) is 0 Å². The second-order valence-electron chi connectivity index (χ2n) is 9.90. The van der Waals surface area contributed by atoms with Crippen molar-refractivity contribution in [3.8, 4) is 11.5 Å². The second-order valence-corrected chi connectivity index (χ2v) is 12.7. The highest BCUT2D eigenvalue weighted by Crippen LogP contribution is 2.43. The lowest BCUT2D eigenvalue weighted by Gasteiger charge is -2.12. The molecular weight excluding hydrogens is 704 g/mol. The number of H-pyrrole nitrogens is 2. The molecule has 4 aromatic carbocycles. The monoisotopic (exact) mass is 722 g/mol. The third kappa shape index (κ3) is 6.78. The number of aromatic hydroxyl groups is 2. The molecule has 0 spiro atoms. The predicted molar refractivity (Wildman–Crippen MR) is 169 cm³/mol. The van der Waals surface area contributed by atoms with Crippen molar-refractivity contribution in [3.05, 3.63) is 61.2 Å². The van der Waals surface area contributed by atoms with Gasteiger partial charge in [-0.25, -0.2) is 0 Å². The van der Waals surface area contributed by atoms with Gasteiger partial charge in [-0.2, -0.15) is 16.8 Å². The zero-order chi connectivity index (χ0) is 35.8. The van der Waals surface area contributed by atoms with Crippen LogP contribution in [0.25, 0.3) is 21.5 Å². The van der Waals surface area contributed by atoms with Crippen LogP contribution < -0.4 is 10.6 Å². The zero-order valence-corrected chi connectivity index (χ0v) is 26.0. The van der Waals surface area contributed by atoms with E-state index in [-0.39, 0.29) is 44.8 Å². The van der Waals surface area contributed by atoms with Gasteiger partial charge in [0.1, 0.15) is 33.8 Å². The predicted octanol–water partition coefficient (Wildman–Crippen LogP) is 3.54. The van der Waals surface area contributed by atoms with Crippen LogP contribution in [0.3, 0.4) is 0 Å². The number of anilines is 2. The molecule has 0 fully saturated rings. The van der Waals surface area contributed by atoms with E-state index in [2.05, 4.69) is 61.5 Å². The van der Waals surface area contributed by atoms with Gasteiger partial charge < -0.3 is 30.8 Å². The first kappa shape index (κ1) is 33.2. The maximum atomic E-state index is 12.8. The standard InChI is InChI=1S/C26H18N12O10S2/c39-21-15-3-1-13(5-11(15)7-17(49(43,44)45)19(21)33-37-25-27-9-29-35-25)31-23(41)24(42)32-14-2-4-16-12(6-14)8-18(50(46,47)48)20(22(16)40)34-38-26-28-10-30-36-26/h1-10,39-40H,(H,31,41)(H,32,42)(H,27,29,35)(H,28,30,36)(H,43,44,45)(H,46,47,48). The van der Waals surface area contributed by atoms with Crippen LogP contribution >= 0.6 is 0 Å². The lowest BCUT2D eigenvalue weighted by Crippen LogP contribution is -2.29. The molecule has 0 saturated heterocycles. The van der Waals surface area contributed by atoms with Gasteiger partial charge in [-0.3, -0.25) is 18.7 Å². The quantitative estimate of drug-likeness (QED) is 0.0633. The van der Waals surface area contributed by atoms with Crippen molar-refractivity contribution in [2.45, 2.75) is 9.79 Å². The van der Waals surface area contributed by atoms with Crippen molar-refractivity contribution in [1.82, 2.24) is 30.4 Å². The van der Waals surface area contributed by atoms with Gasteiger partial charge in [-0.15, -0.1) is 40.9 Å². The Morgan fingerprint density at radius 1 is 0.620 bits per heavy atom. The van der Waals surface area contributed by atoms with Gasteiger partial charge in [0.15, 0.2) is 11.5 Å². The Kier molecular flexibility index (Phi) is 8.41. The smallest absolute Gasteiger partial charge is 0.314 e. The summed E-state index contributed by atoms with van der Waals surface area (Å²) in [7, 11) is -9.91. The molecule has 254 valence electrons. The number of hydrogen-bond donors (Lipinski definition) is 8. The molecule has 0 unspecified atom stereocenters. The van der Waals surface area contributed by atoms with E-state index in [1.165, 1.54) is 49.1 Å². The second kappa shape index (κ2) is 12.7. The lowest BCUT2D eigenvalue weighted by atomic mass is 10.1. The molecule has 2 heterocycles. The molecule has 0 radical (unpaired) electrons. The third-order valence-electron chi connectivity index (χ3n) is 6.68. The molecular formula is C26H18N12O10S2. The highest BCUT2D eigenvalue weighted by Gasteiger charge is 2.24. The van der Waals surface area contributed by atoms with Crippen molar-refractivity contribution in [2.24, 2.45) is 20.5 Å². The fraction of sp³-hybridized carbons (Fsp3) is 0. The Hall–Kier alpha value is -6.76. The van der Waals surface area contributed by atoms with E-state index >= 15 is 0 Å². The maximum Gasteiger partial charge on any atom is 0.314 e. The average Bonchev–Trinajstić information content (AvgIpc) is 3.78. The van der Waals surface area contributed by atoms with Crippen LogP contribution in [-0.4, -0.2) is 78.3 Å². The molecule has 0 aliphatic heterocycles. The largest absolute Gasteiger partial charge is 0.505 e. The van der Waals surface area contributed by atoms with Crippen molar-refractivity contribution in [2.75, 3.05) is 10.6 Å². The average molecular weight is 723 g/mol. The normalized spacial score (nSPS) is 12.3. The first-order valence-electron chi connectivity index (χ1n) is 13.4. The van der Waals surface area contributed by atoms with Crippen LogP contribution in [0.15, 0.2) is 91.4 Å². The van der Waals surface area contributed by atoms with E-state index in [0.717, 1.165) is 12.1 Å². The fourth-order valence-electron chi connectivity index (χ4n) is 4.51. The Bertz CT molecular complexity index is 2430. The molecule has 6 rings (SSSR count). The van der Waals surface area contributed by atoms with Gasteiger partial charge in [-0.1, -0.05) is 0 Å². The summed E-state index contributed by atoms with van der Waals surface area (Å²) in [5, 5.41) is 55.0. The summed E-state index contributed by atoms with van der Waals surface area (Å²) in [6.07, 6.45) is 2.36. The summed E-state index contributed by atoms with van der Waals surface area (Å²) in [5.74, 6) is -4.01. The van der Waals surface area contributed by atoms with E-state index < -0.39 is 64.7 Å². The SMILES string of the molecule is O=C(Nc1ccc2c(O)c(N=Nc3nnc[nH]3)c(S(=O)(=O)O)cc2c1)C(=O)Nc1ccc2c(O)c(N=Nc3nnc[nH]3)c(S(=O)(=O)O)cc2c1. The van der Waals surface area contributed by atoms with Gasteiger partial charge in [0.25, 0.3) is 32.1 Å². The minimum absolute atomic E-state index is 0.00987.